The van der Waals surface area contributed by atoms with Gasteiger partial charge in [0.2, 0.25) is 0 Å². The molecule has 2 aromatic carbocycles. The first-order valence-electron chi connectivity index (χ1n) is 8.06. The average molecular weight is 344 g/mol. The van der Waals surface area contributed by atoms with Crippen LogP contribution in [-0.4, -0.2) is 23.4 Å². The fourth-order valence-electron chi connectivity index (χ4n) is 2.89. The maximum absolute atomic E-state index is 12.6. The summed E-state index contributed by atoms with van der Waals surface area (Å²) < 4.78 is 23.2. The first kappa shape index (κ1) is 16.9. The first-order valence-corrected chi connectivity index (χ1v) is 9.21. The molecular weight excluding hydrogens is 324 g/mol. The third kappa shape index (κ3) is 3.74. The van der Waals surface area contributed by atoms with E-state index in [0.29, 0.717) is 6.61 Å². The number of carbonyl (C=O) groups excluding carboxylic acids is 1. The third-order valence-electron chi connectivity index (χ3n) is 4.02. The van der Waals surface area contributed by atoms with Crippen LogP contribution in [0.5, 0.6) is 0 Å². The monoisotopic (exact) mass is 344 g/mol. The lowest BCUT2D eigenvalue weighted by Gasteiger charge is -2.13. The van der Waals surface area contributed by atoms with Crippen LogP contribution >= 0.6 is 0 Å². The summed E-state index contributed by atoms with van der Waals surface area (Å²) in [5, 5.41) is 0. The van der Waals surface area contributed by atoms with Gasteiger partial charge in [-0.1, -0.05) is 24.3 Å². The van der Waals surface area contributed by atoms with E-state index in [0.717, 1.165) is 33.8 Å². The summed E-state index contributed by atoms with van der Waals surface area (Å²) >= 11 is 0. The predicted molar refractivity (Wildman–Crippen MR) is 91.2 cm³/mol. The fraction of sp³-hybridized carbons (Fsp3) is 0.316. The van der Waals surface area contributed by atoms with Gasteiger partial charge in [-0.15, -0.1) is 0 Å². The third-order valence-corrected chi connectivity index (χ3v) is 5.40. The minimum absolute atomic E-state index is 0.0321. The van der Waals surface area contributed by atoms with E-state index in [1.165, 1.54) is 0 Å². The molecule has 0 amide bonds. The second-order valence-corrected chi connectivity index (χ2v) is 7.07. The lowest BCUT2D eigenvalue weighted by molar-refractivity contribution is -0.150. The molecule has 24 heavy (non-hydrogen) atoms. The second-order valence-electron chi connectivity index (χ2n) is 5.59. The summed E-state index contributed by atoms with van der Waals surface area (Å²) in [6.45, 7) is 2.10. The minimum Gasteiger partial charge on any atom is -0.464 e. The summed E-state index contributed by atoms with van der Waals surface area (Å²) in [6.07, 6.45) is 1.60. The summed E-state index contributed by atoms with van der Waals surface area (Å²) in [7, 11) is -1.18. The summed E-state index contributed by atoms with van der Waals surface area (Å²) in [4.78, 5) is 13.0. The fourth-order valence-corrected chi connectivity index (χ4v) is 4.01. The molecule has 0 aromatic heterocycles. The zero-order chi connectivity index (χ0) is 16.9. The maximum atomic E-state index is 12.6. The van der Waals surface area contributed by atoms with Crippen molar-refractivity contribution in [3.05, 3.63) is 59.7 Å². The zero-order valence-corrected chi connectivity index (χ0v) is 14.4. The number of esters is 1. The molecule has 4 nitrogen and oxygen atoms in total. The molecule has 0 N–H and O–H groups in total. The Morgan fingerprint density at radius 1 is 1.17 bits per heavy atom. The van der Waals surface area contributed by atoms with Crippen LogP contribution in [0.3, 0.4) is 0 Å². The van der Waals surface area contributed by atoms with Crippen molar-refractivity contribution >= 4 is 16.8 Å². The molecule has 0 fully saturated rings. The van der Waals surface area contributed by atoms with Crippen molar-refractivity contribution in [3.8, 4) is 0 Å². The van der Waals surface area contributed by atoms with Gasteiger partial charge < -0.3 is 9.47 Å². The van der Waals surface area contributed by atoms with Crippen LogP contribution < -0.4 is 0 Å². The quantitative estimate of drug-likeness (QED) is 0.754. The van der Waals surface area contributed by atoms with Gasteiger partial charge in [0.25, 0.3) is 0 Å². The van der Waals surface area contributed by atoms with Crippen molar-refractivity contribution in [3.63, 3.8) is 0 Å². The van der Waals surface area contributed by atoms with Gasteiger partial charge in [-0.3, -0.25) is 0 Å². The second kappa shape index (κ2) is 7.73. The van der Waals surface area contributed by atoms with Crippen LogP contribution in [0.1, 0.15) is 30.6 Å². The summed E-state index contributed by atoms with van der Waals surface area (Å²) in [5.41, 5.74) is 2.22. The van der Waals surface area contributed by atoms with E-state index in [4.69, 9.17) is 9.47 Å². The van der Waals surface area contributed by atoms with Crippen molar-refractivity contribution < 1.29 is 18.5 Å². The van der Waals surface area contributed by atoms with Gasteiger partial charge >= 0.3 is 5.97 Å². The number of aryl methyl sites for hydroxylation is 1. The topological polar surface area (TPSA) is 52.6 Å². The summed E-state index contributed by atoms with van der Waals surface area (Å²) in [6, 6.07) is 15.3. The van der Waals surface area contributed by atoms with Crippen molar-refractivity contribution in [1.29, 1.82) is 0 Å². The molecule has 1 aliphatic carbocycles. The molecule has 2 aromatic rings. The van der Waals surface area contributed by atoms with Gasteiger partial charge in [0.05, 0.1) is 23.5 Å². The van der Waals surface area contributed by atoms with Gasteiger partial charge in [-0.05, 0) is 55.2 Å². The Morgan fingerprint density at radius 2 is 1.96 bits per heavy atom. The van der Waals surface area contributed by atoms with Crippen LogP contribution in [0.25, 0.3) is 0 Å². The number of fused-ring (bicyclic) bond motifs is 1. The highest BCUT2D eigenvalue weighted by Gasteiger charge is 2.25. The van der Waals surface area contributed by atoms with Gasteiger partial charge in [0.15, 0.2) is 0 Å². The Kier molecular flexibility index (Phi) is 5.43. The van der Waals surface area contributed by atoms with E-state index in [1.54, 1.807) is 6.92 Å². The number of carbonyl (C=O) groups is 1. The first-order chi connectivity index (χ1) is 11.7. The van der Waals surface area contributed by atoms with Crippen molar-refractivity contribution in [2.45, 2.75) is 35.7 Å². The molecule has 2 atom stereocenters. The van der Waals surface area contributed by atoms with Crippen molar-refractivity contribution in [1.82, 2.24) is 0 Å². The zero-order valence-electron chi connectivity index (χ0n) is 13.6. The highest BCUT2D eigenvalue weighted by Crippen LogP contribution is 2.35. The van der Waals surface area contributed by atoms with Crippen LogP contribution in [0.15, 0.2) is 58.3 Å². The number of ether oxygens (including phenoxy) is 2. The molecule has 5 heteroatoms. The van der Waals surface area contributed by atoms with E-state index in [-0.39, 0.29) is 18.7 Å². The van der Waals surface area contributed by atoms with Crippen LogP contribution in [-0.2, 0) is 31.5 Å². The SMILES string of the molecule is CCOC(=O)COC1CCc2cc(S(=O)c3ccccc3)ccc21. The smallest absolute Gasteiger partial charge is 0.332 e. The van der Waals surface area contributed by atoms with E-state index in [2.05, 4.69) is 0 Å². The number of hydrogen-bond acceptors (Lipinski definition) is 4. The Morgan fingerprint density at radius 3 is 2.71 bits per heavy atom. The summed E-state index contributed by atoms with van der Waals surface area (Å²) in [5.74, 6) is -0.340. The Bertz CT molecular complexity index is 742. The molecule has 0 spiro atoms. The Balaban J connectivity index is 1.71. The number of hydrogen-bond donors (Lipinski definition) is 0. The van der Waals surface area contributed by atoms with E-state index >= 15 is 0 Å². The largest absolute Gasteiger partial charge is 0.464 e. The van der Waals surface area contributed by atoms with Crippen molar-refractivity contribution in [2.75, 3.05) is 13.2 Å². The minimum atomic E-state index is -1.18. The van der Waals surface area contributed by atoms with Gasteiger partial charge in [-0.2, -0.15) is 0 Å². The predicted octanol–water partition coefficient (Wildman–Crippen LogP) is 3.42. The van der Waals surface area contributed by atoms with E-state index in [1.807, 2.05) is 48.5 Å². The molecule has 0 bridgehead atoms. The van der Waals surface area contributed by atoms with E-state index in [9.17, 15) is 9.00 Å². The molecule has 2 unspecified atom stereocenters. The van der Waals surface area contributed by atoms with Gasteiger partial charge in [0, 0.05) is 9.79 Å². The molecule has 0 aliphatic heterocycles. The highest BCUT2D eigenvalue weighted by atomic mass is 32.2. The molecule has 0 radical (unpaired) electrons. The lowest BCUT2D eigenvalue weighted by Crippen LogP contribution is -2.14. The molecular formula is C19H20O4S. The normalized spacial score (nSPS) is 17.3. The molecule has 0 heterocycles. The molecule has 3 rings (SSSR count). The number of benzene rings is 2. The van der Waals surface area contributed by atoms with Gasteiger partial charge in [0.1, 0.15) is 6.61 Å². The lowest BCUT2D eigenvalue weighted by atomic mass is 10.1. The molecule has 0 saturated heterocycles. The number of rotatable bonds is 6. The standard InChI is InChI=1S/C19H20O4S/c1-2-22-19(20)13-23-18-11-8-14-12-16(9-10-17(14)18)24(21)15-6-4-3-5-7-15/h3-7,9-10,12,18H,2,8,11,13H2,1H3. The van der Waals surface area contributed by atoms with Crippen LogP contribution in [0, 0.1) is 0 Å². The van der Waals surface area contributed by atoms with Gasteiger partial charge in [-0.25, -0.2) is 9.00 Å². The molecule has 1 aliphatic rings. The van der Waals surface area contributed by atoms with E-state index < -0.39 is 10.8 Å². The molecule has 126 valence electrons. The molecule has 0 saturated carbocycles. The average Bonchev–Trinajstić information content (AvgIpc) is 3.02. The van der Waals surface area contributed by atoms with Crippen LogP contribution in [0.2, 0.25) is 0 Å². The Hall–Kier alpha value is -1.98. The Labute approximate surface area is 144 Å². The van der Waals surface area contributed by atoms with Crippen molar-refractivity contribution in [2.24, 2.45) is 0 Å². The van der Waals surface area contributed by atoms with Crippen LogP contribution in [0.4, 0.5) is 0 Å². The highest BCUT2D eigenvalue weighted by molar-refractivity contribution is 7.85. The maximum Gasteiger partial charge on any atom is 0.332 e.